The molecule has 2 atom stereocenters. The lowest BCUT2D eigenvalue weighted by Crippen LogP contribution is -2.55. The second-order valence-electron chi connectivity index (χ2n) is 8.08. The van der Waals surface area contributed by atoms with Crippen LogP contribution in [0.1, 0.15) is 22.4 Å². The number of amides is 3. The van der Waals surface area contributed by atoms with Gasteiger partial charge in [-0.1, -0.05) is 41.9 Å². The van der Waals surface area contributed by atoms with Gasteiger partial charge in [0.25, 0.3) is 5.91 Å². The lowest BCUT2D eigenvalue weighted by molar-refractivity contribution is -0.137. The molecule has 0 bridgehead atoms. The molecule has 2 aromatic carbocycles. The molecule has 7 nitrogen and oxygen atoms in total. The molecular weight excluding hydrogens is 504 g/mol. The third kappa shape index (κ3) is 5.58. The standard InChI is InChI=1S/C24H19ClF4N4O3/c25-17-6-7-20(30-12-17)23(11-14-4-2-1-3-5-14,32-22(35)31-19-13-36-33-21(19)34)15-8-16(24(27,28)29)10-18(26)9-15/h1-10,12,19H,11,13H2,(H,33,34)(H2,31,32,35). The van der Waals surface area contributed by atoms with Gasteiger partial charge in [-0.3, -0.25) is 14.6 Å². The quantitative estimate of drug-likeness (QED) is 0.425. The molecule has 188 valence electrons. The van der Waals surface area contributed by atoms with Gasteiger partial charge in [-0.05, 0) is 41.5 Å². The van der Waals surface area contributed by atoms with Crippen molar-refractivity contribution >= 4 is 23.5 Å². The summed E-state index contributed by atoms with van der Waals surface area (Å²) >= 11 is 5.98. The van der Waals surface area contributed by atoms with Gasteiger partial charge < -0.3 is 10.6 Å². The van der Waals surface area contributed by atoms with Gasteiger partial charge in [0.2, 0.25) is 0 Å². The molecule has 3 aromatic rings. The van der Waals surface area contributed by atoms with Crippen molar-refractivity contribution < 1.29 is 32.0 Å². The summed E-state index contributed by atoms with van der Waals surface area (Å²) in [6.45, 7) is -0.157. The topological polar surface area (TPSA) is 92.4 Å². The Morgan fingerprint density at radius 2 is 1.83 bits per heavy atom. The molecule has 2 unspecified atom stereocenters. The van der Waals surface area contributed by atoms with E-state index in [0.29, 0.717) is 11.6 Å². The van der Waals surface area contributed by atoms with Crippen LogP contribution in [0.25, 0.3) is 0 Å². The van der Waals surface area contributed by atoms with Gasteiger partial charge in [0.15, 0.2) is 0 Å². The van der Waals surface area contributed by atoms with Crippen molar-refractivity contribution in [2.45, 2.75) is 24.2 Å². The van der Waals surface area contributed by atoms with Crippen molar-refractivity contribution in [3.05, 3.63) is 100 Å². The number of urea groups is 1. The van der Waals surface area contributed by atoms with E-state index in [2.05, 4.69) is 21.1 Å². The van der Waals surface area contributed by atoms with E-state index in [-0.39, 0.29) is 29.3 Å². The molecule has 1 aromatic heterocycles. The van der Waals surface area contributed by atoms with E-state index in [1.165, 1.54) is 18.3 Å². The first-order chi connectivity index (χ1) is 17.1. The molecule has 4 rings (SSSR count). The van der Waals surface area contributed by atoms with Crippen LogP contribution in [0.4, 0.5) is 22.4 Å². The first-order valence-electron chi connectivity index (χ1n) is 10.6. The number of hydroxylamine groups is 1. The molecule has 2 heterocycles. The predicted octanol–water partition coefficient (Wildman–Crippen LogP) is 4.11. The molecule has 36 heavy (non-hydrogen) atoms. The van der Waals surface area contributed by atoms with Crippen LogP contribution in [0.5, 0.6) is 0 Å². The van der Waals surface area contributed by atoms with Gasteiger partial charge in [0.05, 0.1) is 16.3 Å². The second-order valence-corrected chi connectivity index (χ2v) is 8.52. The SMILES string of the molecule is O=C(NC1CONC1=O)NC(Cc1ccccc1)(c1cc(F)cc(C(F)(F)F)c1)c1ccc(Cl)cn1. The fraction of sp³-hybridized carbons (Fsp3) is 0.208. The normalized spacial score (nSPS) is 17.2. The predicted molar refractivity (Wildman–Crippen MR) is 121 cm³/mol. The lowest BCUT2D eigenvalue weighted by atomic mass is 9.79. The molecule has 1 aliphatic heterocycles. The number of carbonyl (C=O) groups is 2. The summed E-state index contributed by atoms with van der Waals surface area (Å²) in [4.78, 5) is 34.0. The average Bonchev–Trinajstić information content (AvgIpc) is 3.22. The minimum absolute atomic E-state index is 0.0942. The molecule has 1 aliphatic rings. The van der Waals surface area contributed by atoms with Crippen LogP contribution >= 0.6 is 11.6 Å². The Balaban J connectivity index is 1.89. The van der Waals surface area contributed by atoms with Gasteiger partial charge >= 0.3 is 12.2 Å². The molecule has 0 radical (unpaired) electrons. The molecule has 0 aliphatic carbocycles. The highest BCUT2D eigenvalue weighted by Crippen LogP contribution is 2.37. The summed E-state index contributed by atoms with van der Waals surface area (Å²) in [5.41, 5.74) is -0.455. The molecule has 1 saturated heterocycles. The number of nitrogens with one attached hydrogen (secondary N) is 3. The Labute approximate surface area is 207 Å². The van der Waals surface area contributed by atoms with E-state index < -0.39 is 41.1 Å². The highest BCUT2D eigenvalue weighted by Gasteiger charge is 2.41. The molecular formula is C24H19ClF4N4O3. The Hall–Kier alpha value is -3.70. The maximum atomic E-state index is 14.6. The first-order valence-corrected chi connectivity index (χ1v) is 11.0. The Kier molecular flexibility index (Phi) is 7.14. The second kappa shape index (κ2) is 10.1. The lowest BCUT2D eigenvalue weighted by Gasteiger charge is -2.36. The van der Waals surface area contributed by atoms with Gasteiger partial charge in [-0.2, -0.15) is 13.2 Å². The minimum Gasteiger partial charge on any atom is -0.324 e. The minimum atomic E-state index is -4.86. The number of aromatic nitrogens is 1. The third-order valence-electron chi connectivity index (χ3n) is 5.57. The molecule has 1 fully saturated rings. The van der Waals surface area contributed by atoms with Crippen LogP contribution < -0.4 is 16.1 Å². The van der Waals surface area contributed by atoms with E-state index in [4.69, 9.17) is 16.4 Å². The Bertz CT molecular complexity index is 1260. The molecule has 3 amide bonds. The molecule has 12 heteroatoms. The largest absolute Gasteiger partial charge is 0.416 e. The van der Waals surface area contributed by atoms with Crippen LogP contribution in [0.15, 0.2) is 66.9 Å². The number of alkyl halides is 3. The van der Waals surface area contributed by atoms with E-state index in [1.807, 2.05) is 0 Å². The number of rotatable bonds is 6. The Morgan fingerprint density at radius 1 is 1.11 bits per heavy atom. The highest BCUT2D eigenvalue weighted by molar-refractivity contribution is 6.30. The average molecular weight is 523 g/mol. The van der Waals surface area contributed by atoms with E-state index in [9.17, 15) is 27.2 Å². The third-order valence-corrected chi connectivity index (χ3v) is 5.79. The van der Waals surface area contributed by atoms with Crippen LogP contribution in [0, 0.1) is 5.82 Å². The molecule has 0 saturated carbocycles. The van der Waals surface area contributed by atoms with E-state index in [1.54, 1.807) is 30.3 Å². The summed E-state index contributed by atoms with van der Waals surface area (Å²) in [5.74, 6) is -1.76. The van der Waals surface area contributed by atoms with Crippen molar-refractivity contribution in [3.8, 4) is 0 Å². The number of nitrogens with zero attached hydrogens (tertiary/aromatic N) is 1. The molecule has 0 spiro atoms. The fourth-order valence-corrected chi connectivity index (χ4v) is 4.00. The zero-order chi connectivity index (χ0) is 25.9. The fourth-order valence-electron chi connectivity index (χ4n) is 3.89. The van der Waals surface area contributed by atoms with Crippen LogP contribution in [-0.4, -0.2) is 29.6 Å². The number of hydrogen-bond donors (Lipinski definition) is 3. The summed E-state index contributed by atoms with van der Waals surface area (Å²) in [7, 11) is 0. The number of carbonyl (C=O) groups excluding carboxylic acids is 2. The van der Waals surface area contributed by atoms with Crippen LogP contribution in [-0.2, 0) is 27.8 Å². The van der Waals surface area contributed by atoms with E-state index >= 15 is 0 Å². The number of hydrogen-bond acceptors (Lipinski definition) is 4. The molecule has 3 N–H and O–H groups in total. The van der Waals surface area contributed by atoms with Gasteiger partial charge in [0, 0.05) is 12.6 Å². The Morgan fingerprint density at radius 3 is 2.44 bits per heavy atom. The van der Waals surface area contributed by atoms with E-state index in [0.717, 1.165) is 12.1 Å². The zero-order valence-electron chi connectivity index (χ0n) is 18.4. The van der Waals surface area contributed by atoms with Crippen molar-refractivity contribution in [2.24, 2.45) is 0 Å². The highest BCUT2D eigenvalue weighted by atomic mass is 35.5. The maximum absolute atomic E-state index is 14.6. The van der Waals surface area contributed by atoms with Gasteiger partial charge in [0.1, 0.15) is 24.0 Å². The van der Waals surface area contributed by atoms with Crippen molar-refractivity contribution in [1.82, 2.24) is 21.1 Å². The van der Waals surface area contributed by atoms with Gasteiger partial charge in [-0.15, -0.1) is 0 Å². The van der Waals surface area contributed by atoms with Crippen LogP contribution in [0.2, 0.25) is 5.02 Å². The first kappa shape index (κ1) is 25.4. The van der Waals surface area contributed by atoms with Crippen LogP contribution in [0.3, 0.4) is 0 Å². The number of benzene rings is 2. The number of halogens is 5. The monoisotopic (exact) mass is 522 g/mol. The van der Waals surface area contributed by atoms with Crippen molar-refractivity contribution in [3.63, 3.8) is 0 Å². The summed E-state index contributed by atoms with van der Waals surface area (Å²) in [6, 6.07) is 11.5. The zero-order valence-corrected chi connectivity index (χ0v) is 19.2. The summed E-state index contributed by atoms with van der Waals surface area (Å²) < 4.78 is 55.5. The number of pyridine rings is 1. The maximum Gasteiger partial charge on any atom is 0.416 e. The summed E-state index contributed by atoms with van der Waals surface area (Å²) in [6.07, 6.45) is -3.70. The van der Waals surface area contributed by atoms with Crippen molar-refractivity contribution in [1.29, 1.82) is 0 Å². The smallest absolute Gasteiger partial charge is 0.324 e. The van der Waals surface area contributed by atoms with Gasteiger partial charge in [-0.25, -0.2) is 14.7 Å². The summed E-state index contributed by atoms with van der Waals surface area (Å²) in [5, 5.41) is 5.32. The van der Waals surface area contributed by atoms with Crippen molar-refractivity contribution in [2.75, 3.05) is 6.61 Å².